The van der Waals surface area contributed by atoms with Gasteiger partial charge in [0.1, 0.15) is 12.7 Å². The molecule has 5 atom stereocenters. The predicted octanol–water partition coefficient (Wildman–Crippen LogP) is 1.44. The van der Waals surface area contributed by atoms with Crippen molar-refractivity contribution in [2.75, 3.05) is 19.5 Å². The molecule has 0 radical (unpaired) electrons. The van der Waals surface area contributed by atoms with Crippen molar-refractivity contribution in [3.8, 4) is 0 Å². The summed E-state index contributed by atoms with van der Waals surface area (Å²) in [6, 6.07) is 0. The minimum absolute atomic E-state index is 0.00104. The van der Waals surface area contributed by atoms with E-state index in [0.29, 0.717) is 6.42 Å². The molecule has 0 N–H and O–H groups in total. The number of rotatable bonds is 8. The van der Waals surface area contributed by atoms with Gasteiger partial charge in [-0.25, -0.2) is 0 Å². The molecule has 0 aromatic heterocycles. The van der Waals surface area contributed by atoms with E-state index in [1.807, 2.05) is 13.8 Å². The fraction of sp³-hybridized carbons (Fsp3) is 0.765. The van der Waals surface area contributed by atoms with Gasteiger partial charge < -0.3 is 14.2 Å². The summed E-state index contributed by atoms with van der Waals surface area (Å²) in [5.74, 6) is -0.762. The Morgan fingerprint density at radius 2 is 1.69 bits per heavy atom. The lowest BCUT2D eigenvalue weighted by Crippen LogP contribution is -2.52. The van der Waals surface area contributed by atoms with Crippen molar-refractivity contribution in [2.24, 2.45) is 11.8 Å². The number of carbonyl (C=O) groups is 2. The van der Waals surface area contributed by atoms with Gasteiger partial charge in [-0.05, 0) is 12.3 Å². The topological polar surface area (TPSA) is 105 Å². The number of hydrogen-bond donors (Lipinski definition) is 0. The van der Waals surface area contributed by atoms with E-state index in [4.69, 9.17) is 14.2 Å². The van der Waals surface area contributed by atoms with Gasteiger partial charge in [-0.3, -0.25) is 13.8 Å². The van der Waals surface area contributed by atoms with E-state index in [1.165, 1.54) is 13.8 Å². The molecule has 8 nitrogen and oxygen atoms in total. The zero-order valence-electron chi connectivity index (χ0n) is 15.8. The molecule has 1 saturated heterocycles. The maximum Gasteiger partial charge on any atom is 0.303 e. The van der Waals surface area contributed by atoms with Crippen molar-refractivity contribution < 1.29 is 36.4 Å². The lowest BCUT2D eigenvalue weighted by Gasteiger charge is -2.43. The zero-order chi connectivity index (χ0) is 19.9. The van der Waals surface area contributed by atoms with Crippen LogP contribution in [0, 0.1) is 11.8 Å². The summed E-state index contributed by atoms with van der Waals surface area (Å²) in [7, 11) is -3.50. The molecule has 26 heavy (non-hydrogen) atoms. The Labute approximate surface area is 154 Å². The summed E-state index contributed by atoms with van der Waals surface area (Å²) in [4.78, 5) is 22.5. The van der Waals surface area contributed by atoms with Gasteiger partial charge >= 0.3 is 11.9 Å². The van der Waals surface area contributed by atoms with Crippen LogP contribution < -0.4 is 0 Å². The second-order valence-corrected chi connectivity index (χ2v) is 8.15. The molecular formula is C17H28O8S. The maximum atomic E-state index is 11.4. The normalized spacial score (nSPS) is 29.5. The van der Waals surface area contributed by atoms with Crippen LogP contribution in [0.25, 0.3) is 0 Å². The van der Waals surface area contributed by atoms with E-state index in [2.05, 4.69) is 4.18 Å². The van der Waals surface area contributed by atoms with E-state index >= 15 is 0 Å². The quantitative estimate of drug-likeness (QED) is 0.347. The van der Waals surface area contributed by atoms with E-state index in [-0.39, 0.29) is 37.1 Å². The molecule has 0 aromatic rings. The average molecular weight is 392 g/mol. The molecule has 1 heterocycles. The van der Waals surface area contributed by atoms with Crippen LogP contribution in [0.15, 0.2) is 12.2 Å². The second-order valence-electron chi connectivity index (χ2n) is 6.50. The van der Waals surface area contributed by atoms with Crippen molar-refractivity contribution in [2.45, 2.75) is 52.4 Å². The van der Waals surface area contributed by atoms with Gasteiger partial charge in [0.25, 0.3) is 10.1 Å². The Bertz CT molecular complexity index is 610. The molecule has 150 valence electrons. The average Bonchev–Trinajstić information content (AvgIpc) is 2.50. The summed E-state index contributed by atoms with van der Waals surface area (Å²) < 4.78 is 43.0. The molecule has 0 saturated carbocycles. The van der Waals surface area contributed by atoms with Gasteiger partial charge in [-0.2, -0.15) is 8.42 Å². The number of hydrogen-bond acceptors (Lipinski definition) is 8. The van der Waals surface area contributed by atoms with E-state index in [9.17, 15) is 18.0 Å². The van der Waals surface area contributed by atoms with Crippen LogP contribution in [0.3, 0.4) is 0 Å². The highest BCUT2D eigenvalue weighted by Crippen LogP contribution is 2.34. The third-order valence-electron chi connectivity index (χ3n) is 4.32. The summed E-state index contributed by atoms with van der Waals surface area (Å²) in [6.45, 7) is 6.65. The number of ether oxygens (including phenoxy) is 3. The van der Waals surface area contributed by atoms with Gasteiger partial charge in [0.2, 0.25) is 0 Å². The lowest BCUT2D eigenvalue weighted by atomic mass is 9.80. The maximum absolute atomic E-state index is 11.4. The molecule has 0 aromatic carbocycles. The van der Waals surface area contributed by atoms with Crippen LogP contribution in [0.1, 0.15) is 34.1 Å². The molecule has 1 rings (SSSR count). The van der Waals surface area contributed by atoms with Crippen LogP contribution >= 0.6 is 0 Å². The monoisotopic (exact) mass is 392 g/mol. The van der Waals surface area contributed by atoms with E-state index in [1.54, 1.807) is 12.2 Å². The van der Waals surface area contributed by atoms with Gasteiger partial charge in [0.15, 0.2) is 0 Å². The predicted molar refractivity (Wildman–Crippen MR) is 93.7 cm³/mol. The standard InChI is InChI=1S/C17H28O8S/c1-11-12(2)17(24-14(4)19)15(25-16(11)10-22-13(3)18)8-6-7-9-23-26(5,20)21/h6-7,11-12,15-17H,8-10H2,1-5H3. The third kappa shape index (κ3) is 7.84. The van der Waals surface area contributed by atoms with Crippen LogP contribution in [0.4, 0.5) is 0 Å². The Balaban J connectivity index is 2.77. The first kappa shape index (κ1) is 22.6. The minimum atomic E-state index is -3.50. The van der Waals surface area contributed by atoms with Gasteiger partial charge in [-0.1, -0.05) is 26.0 Å². The molecule has 0 spiro atoms. The summed E-state index contributed by atoms with van der Waals surface area (Å²) in [5, 5.41) is 0. The van der Waals surface area contributed by atoms with Gasteiger partial charge in [-0.15, -0.1) is 0 Å². The Morgan fingerprint density at radius 3 is 2.23 bits per heavy atom. The molecule has 0 bridgehead atoms. The zero-order valence-corrected chi connectivity index (χ0v) is 16.7. The molecule has 1 fully saturated rings. The summed E-state index contributed by atoms with van der Waals surface area (Å²) in [6.07, 6.45) is 3.48. The molecule has 5 unspecified atom stereocenters. The Kier molecular flexibility index (Phi) is 8.72. The first-order chi connectivity index (χ1) is 12.0. The van der Waals surface area contributed by atoms with Crippen molar-refractivity contribution in [1.29, 1.82) is 0 Å². The molecular weight excluding hydrogens is 364 g/mol. The largest absolute Gasteiger partial charge is 0.463 e. The van der Waals surface area contributed by atoms with Gasteiger partial charge in [0.05, 0.1) is 25.1 Å². The number of esters is 2. The Morgan fingerprint density at radius 1 is 1.04 bits per heavy atom. The SMILES string of the molecule is CC(=O)OCC1OC(CC=CCOS(C)(=O)=O)C(OC(C)=O)C(C)C1C. The first-order valence-electron chi connectivity index (χ1n) is 8.46. The minimum Gasteiger partial charge on any atom is -0.463 e. The second kappa shape index (κ2) is 10.0. The van der Waals surface area contributed by atoms with E-state index in [0.717, 1.165) is 6.26 Å². The molecule has 0 amide bonds. The van der Waals surface area contributed by atoms with Crippen molar-refractivity contribution >= 4 is 22.1 Å². The highest BCUT2D eigenvalue weighted by molar-refractivity contribution is 7.85. The molecule has 1 aliphatic rings. The van der Waals surface area contributed by atoms with Crippen molar-refractivity contribution in [1.82, 2.24) is 0 Å². The van der Waals surface area contributed by atoms with Crippen LogP contribution in [0.2, 0.25) is 0 Å². The fourth-order valence-corrected chi connectivity index (χ4v) is 3.14. The van der Waals surface area contributed by atoms with Gasteiger partial charge in [0, 0.05) is 19.8 Å². The van der Waals surface area contributed by atoms with Crippen molar-refractivity contribution in [3.63, 3.8) is 0 Å². The smallest absolute Gasteiger partial charge is 0.303 e. The number of carbonyl (C=O) groups excluding carboxylic acids is 2. The van der Waals surface area contributed by atoms with Crippen LogP contribution in [-0.2, 0) is 38.1 Å². The van der Waals surface area contributed by atoms with Crippen molar-refractivity contribution in [3.05, 3.63) is 12.2 Å². The first-order valence-corrected chi connectivity index (χ1v) is 10.3. The molecule has 1 aliphatic heterocycles. The van der Waals surface area contributed by atoms with Crippen LogP contribution in [-0.4, -0.2) is 58.1 Å². The fourth-order valence-electron chi connectivity index (χ4n) is 2.82. The third-order valence-corrected chi connectivity index (χ3v) is 4.88. The molecule has 9 heteroatoms. The lowest BCUT2D eigenvalue weighted by molar-refractivity contribution is -0.202. The molecule has 0 aliphatic carbocycles. The highest BCUT2D eigenvalue weighted by Gasteiger charge is 2.43. The summed E-state index contributed by atoms with van der Waals surface area (Å²) >= 11 is 0. The van der Waals surface area contributed by atoms with Crippen LogP contribution in [0.5, 0.6) is 0 Å². The van der Waals surface area contributed by atoms with E-state index < -0.39 is 28.3 Å². The Hall–Kier alpha value is -1.45. The highest BCUT2D eigenvalue weighted by atomic mass is 32.2. The summed E-state index contributed by atoms with van der Waals surface area (Å²) in [5.41, 5.74) is 0.